The number of nitrogens with one attached hydrogen (secondary N) is 1. The zero-order chi connectivity index (χ0) is 17.9. The molecule has 0 atom stereocenters. The predicted molar refractivity (Wildman–Crippen MR) is 111 cm³/mol. The van der Waals surface area contributed by atoms with Gasteiger partial charge in [0.25, 0.3) is 0 Å². The molecule has 3 aromatic rings. The van der Waals surface area contributed by atoms with E-state index in [1.807, 2.05) is 37.4 Å². The molecule has 0 aliphatic carbocycles. The lowest BCUT2D eigenvalue weighted by Gasteiger charge is -2.33. The third-order valence-corrected chi connectivity index (χ3v) is 5.16. The summed E-state index contributed by atoms with van der Waals surface area (Å²) in [6, 6.07) is 18.6. The third kappa shape index (κ3) is 3.73. The normalized spacial score (nSPS) is 14.6. The van der Waals surface area contributed by atoms with Crippen molar-refractivity contribution in [3.63, 3.8) is 0 Å². The van der Waals surface area contributed by atoms with Gasteiger partial charge in [0.1, 0.15) is 5.69 Å². The van der Waals surface area contributed by atoms with Crippen molar-refractivity contribution in [3.8, 4) is 17.3 Å². The first-order valence-corrected chi connectivity index (χ1v) is 8.98. The van der Waals surface area contributed by atoms with Gasteiger partial charge >= 0.3 is 0 Å². The summed E-state index contributed by atoms with van der Waals surface area (Å²) in [6.45, 7) is 1.97. The molecule has 1 saturated heterocycles. The Morgan fingerprint density at radius 1 is 1.00 bits per heavy atom. The van der Waals surface area contributed by atoms with E-state index < -0.39 is 0 Å². The summed E-state index contributed by atoms with van der Waals surface area (Å²) in [5, 5.41) is 23.7. The third-order valence-electron chi connectivity index (χ3n) is 5.16. The summed E-state index contributed by atoms with van der Waals surface area (Å²) in [6.07, 6.45) is 2.23. The van der Waals surface area contributed by atoms with Crippen LogP contribution in [0.25, 0.3) is 22.0 Å². The molecule has 6 heteroatoms. The van der Waals surface area contributed by atoms with Gasteiger partial charge in [-0.15, -0.1) is 22.6 Å². The van der Waals surface area contributed by atoms with Crippen molar-refractivity contribution in [2.75, 3.05) is 25.0 Å². The zero-order valence-electron chi connectivity index (χ0n) is 15.2. The fraction of sp³-hybridized carbons (Fsp3) is 0.286. The molecule has 0 bridgehead atoms. The van der Waals surface area contributed by atoms with E-state index in [2.05, 4.69) is 44.7 Å². The Kier molecular flexibility index (Phi) is 5.90. The summed E-state index contributed by atoms with van der Waals surface area (Å²) >= 11 is 0. The van der Waals surface area contributed by atoms with Crippen molar-refractivity contribution in [1.82, 2.24) is 15.5 Å². The maximum Gasteiger partial charge on any atom is 0.159 e. The molecule has 1 aliphatic heterocycles. The van der Waals surface area contributed by atoms with Crippen molar-refractivity contribution < 1.29 is 0 Å². The van der Waals surface area contributed by atoms with Crippen LogP contribution in [0.3, 0.4) is 0 Å². The Balaban J connectivity index is 0.00000210. The molecule has 0 saturated carbocycles. The minimum Gasteiger partial charge on any atom is -0.354 e. The highest BCUT2D eigenvalue weighted by atomic mass is 35.5. The van der Waals surface area contributed by atoms with Crippen LogP contribution in [0.5, 0.6) is 0 Å². The number of nitriles is 1. The second kappa shape index (κ2) is 8.34. The number of aromatic nitrogens is 2. The van der Waals surface area contributed by atoms with Crippen molar-refractivity contribution in [2.24, 2.45) is 0 Å². The van der Waals surface area contributed by atoms with Crippen LogP contribution in [0, 0.1) is 11.3 Å². The van der Waals surface area contributed by atoms with Gasteiger partial charge in [-0.3, -0.25) is 0 Å². The molecule has 5 nitrogen and oxygen atoms in total. The van der Waals surface area contributed by atoms with E-state index in [1.165, 1.54) is 0 Å². The van der Waals surface area contributed by atoms with Crippen molar-refractivity contribution in [1.29, 1.82) is 5.26 Å². The Labute approximate surface area is 165 Å². The number of rotatable bonds is 3. The molecule has 0 radical (unpaired) electrons. The fourth-order valence-corrected chi connectivity index (χ4v) is 3.62. The average Bonchev–Trinajstić information content (AvgIpc) is 2.73. The van der Waals surface area contributed by atoms with E-state index in [1.54, 1.807) is 0 Å². The lowest BCUT2D eigenvalue weighted by Crippen LogP contribution is -2.41. The number of halogens is 1. The monoisotopic (exact) mass is 379 g/mol. The fourth-order valence-electron chi connectivity index (χ4n) is 3.62. The highest BCUT2D eigenvalue weighted by molar-refractivity contribution is 6.00. The van der Waals surface area contributed by atoms with Gasteiger partial charge in [-0.05, 0) is 32.0 Å². The van der Waals surface area contributed by atoms with Gasteiger partial charge in [-0.1, -0.05) is 36.4 Å². The molecule has 0 spiro atoms. The molecule has 138 valence electrons. The molecule has 1 N–H and O–H groups in total. The largest absolute Gasteiger partial charge is 0.354 e. The molecule has 2 aromatic carbocycles. The summed E-state index contributed by atoms with van der Waals surface area (Å²) < 4.78 is 0. The Bertz CT molecular complexity index is 956. The number of nitrogens with zero attached hydrogens (tertiary/aromatic N) is 4. The van der Waals surface area contributed by atoms with Crippen LogP contribution in [0.15, 0.2) is 48.5 Å². The van der Waals surface area contributed by atoms with Crippen LogP contribution in [0.4, 0.5) is 5.82 Å². The summed E-state index contributed by atoms with van der Waals surface area (Å²) in [5.74, 6) is 0.965. The minimum atomic E-state index is 0. The van der Waals surface area contributed by atoms with Crippen LogP contribution in [0.1, 0.15) is 18.4 Å². The molecule has 1 fully saturated rings. The van der Waals surface area contributed by atoms with Gasteiger partial charge in [-0.25, -0.2) is 0 Å². The smallest absolute Gasteiger partial charge is 0.159 e. The van der Waals surface area contributed by atoms with Gasteiger partial charge < -0.3 is 10.2 Å². The first kappa shape index (κ1) is 19.1. The SMILES string of the molecule is CNC1CCN(c2nnc(-c3ccc(C#N)cc3)c3ccccc23)CC1.Cl. The number of fused-ring (bicyclic) bond motifs is 1. The molecule has 0 unspecified atom stereocenters. The van der Waals surface area contributed by atoms with Crippen LogP contribution in [-0.2, 0) is 0 Å². The predicted octanol–water partition coefficient (Wildman–Crippen LogP) is 3.78. The van der Waals surface area contributed by atoms with E-state index in [-0.39, 0.29) is 12.4 Å². The summed E-state index contributed by atoms with van der Waals surface area (Å²) in [4.78, 5) is 2.34. The van der Waals surface area contributed by atoms with E-state index >= 15 is 0 Å². The minimum absolute atomic E-state index is 0. The van der Waals surface area contributed by atoms with Gasteiger partial charge in [-0.2, -0.15) is 5.26 Å². The average molecular weight is 380 g/mol. The van der Waals surface area contributed by atoms with Crippen LogP contribution < -0.4 is 10.2 Å². The highest BCUT2D eigenvalue weighted by Crippen LogP contribution is 2.32. The van der Waals surface area contributed by atoms with Crippen LogP contribution in [-0.4, -0.2) is 36.4 Å². The standard InChI is InChI=1S/C21H21N5.ClH/c1-23-17-10-12-26(13-11-17)21-19-5-3-2-4-18(19)20(24-25-21)16-8-6-15(14-22)7-9-16;/h2-9,17,23H,10-13H2,1H3;1H. The van der Waals surface area contributed by atoms with Crippen LogP contribution >= 0.6 is 12.4 Å². The molecular weight excluding hydrogens is 358 g/mol. The molecular formula is C21H22ClN5. The van der Waals surface area contributed by atoms with E-state index in [4.69, 9.17) is 5.26 Å². The van der Waals surface area contributed by atoms with Crippen molar-refractivity contribution in [2.45, 2.75) is 18.9 Å². The van der Waals surface area contributed by atoms with Gasteiger partial charge in [0, 0.05) is 35.5 Å². The maximum atomic E-state index is 9.00. The topological polar surface area (TPSA) is 64.8 Å². The number of piperidine rings is 1. The Morgan fingerprint density at radius 2 is 1.67 bits per heavy atom. The first-order valence-electron chi connectivity index (χ1n) is 8.98. The summed E-state index contributed by atoms with van der Waals surface area (Å²) in [5.41, 5.74) is 2.49. The molecule has 0 amide bonds. The van der Waals surface area contributed by atoms with E-state index in [0.717, 1.165) is 53.8 Å². The summed E-state index contributed by atoms with van der Waals surface area (Å²) in [7, 11) is 2.03. The Morgan fingerprint density at radius 3 is 2.30 bits per heavy atom. The highest BCUT2D eigenvalue weighted by Gasteiger charge is 2.21. The van der Waals surface area contributed by atoms with Gasteiger partial charge in [0.05, 0.1) is 11.6 Å². The second-order valence-electron chi connectivity index (χ2n) is 6.66. The van der Waals surface area contributed by atoms with E-state index in [9.17, 15) is 0 Å². The zero-order valence-corrected chi connectivity index (χ0v) is 16.0. The lowest BCUT2D eigenvalue weighted by molar-refractivity contribution is 0.441. The quantitative estimate of drug-likeness (QED) is 0.750. The molecule has 1 aromatic heterocycles. The number of hydrogen-bond acceptors (Lipinski definition) is 5. The van der Waals surface area contributed by atoms with Gasteiger partial charge in [0.2, 0.25) is 0 Å². The first-order chi connectivity index (χ1) is 12.8. The van der Waals surface area contributed by atoms with Crippen molar-refractivity contribution >= 4 is 29.0 Å². The number of anilines is 1. The number of hydrogen-bond donors (Lipinski definition) is 1. The van der Waals surface area contributed by atoms with Gasteiger partial charge in [0.15, 0.2) is 5.82 Å². The van der Waals surface area contributed by atoms with Crippen LogP contribution in [0.2, 0.25) is 0 Å². The molecule has 4 rings (SSSR count). The molecule has 1 aliphatic rings. The van der Waals surface area contributed by atoms with E-state index in [0.29, 0.717) is 11.6 Å². The van der Waals surface area contributed by atoms with Crippen molar-refractivity contribution in [3.05, 3.63) is 54.1 Å². The maximum absolute atomic E-state index is 9.00. The Hall–Kier alpha value is -2.68. The number of benzene rings is 2. The second-order valence-corrected chi connectivity index (χ2v) is 6.66. The molecule has 2 heterocycles. The lowest BCUT2D eigenvalue weighted by atomic mass is 10.0. The molecule has 27 heavy (non-hydrogen) atoms.